The lowest BCUT2D eigenvalue weighted by Gasteiger charge is -2.26. The number of benzene rings is 1. The molecule has 3 aromatic rings. The molecule has 1 aromatic carbocycles. The standard InChI is InChI=1S/C16H14BrN3S/c17-11-8-13-15(18-9-11)20(16(21)19-13)14-7-3-5-10-4-1-2-6-12(10)14/h1-2,4,6,8-9,14H,3,5,7H2,(H,19,21). The summed E-state index contributed by atoms with van der Waals surface area (Å²) in [4.78, 5) is 7.85. The van der Waals surface area contributed by atoms with Gasteiger partial charge < -0.3 is 4.98 Å². The van der Waals surface area contributed by atoms with E-state index in [1.807, 2.05) is 12.3 Å². The van der Waals surface area contributed by atoms with Crippen molar-refractivity contribution in [1.82, 2.24) is 14.5 Å². The van der Waals surface area contributed by atoms with Gasteiger partial charge in [-0.2, -0.15) is 0 Å². The zero-order chi connectivity index (χ0) is 14.4. The molecule has 0 radical (unpaired) electrons. The van der Waals surface area contributed by atoms with Gasteiger partial charge in [-0.1, -0.05) is 24.3 Å². The molecular formula is C16H14BrN3S. The van der Waals surface area contributed by atoms with E-state index >= 15 is 0 Å². The first-order valence-electron chi connectivity index (χ1n) is 7.07. The van der Waals surface area contributed by atoms with Crippen molar-refractivity contribution in [3.8, 4) is 0 Å². The number of pyridine rings is 1. The Kier molecular flexibility index (Phi) is 3.19. The summed E-state index contributed by atoms with van der Waals surface area (Å²) < 4.78 is 3.88. The monoisotopic (exact) mass is 359 g/mol. The Morgan fingerprint density at radius 2 is 2.19 bits per heavy atom. The number of H-pyrrole nitrogens is 1. The number of imidazole rings is 1. The quantitative estimate of drug-likeness (QED) is 0.634. The second kappa shape index (κ2) is 5.07. The Morgan fingerprint density at radius 1 is 1.33 bits per heavy atom. The normalized spacial score (nSPS) is 17.9. The highest BCUT2D eigenvalue weighted by atomic mass is 79.9. The van der Waals surface area contributed by atoms with Crippen molar-refractivity contribution in [2.45, 2.75) is 25.3 Å². The molecule has 0 saturated heterocycles. The van der Waals surface area contributed by atoms with Gasteiger partial charge in [0.2, 0.25) is 0 Å². The van der Waals surface area contributed by atoms with Crippen LogP contribution in [-0.4, -0.2) is 14.5 Å². The van der Waals surface area contributed by atoms with Crippen LogP contribution in [0, 0.1) is 4.77 Å². The summed E-state index contributed by atoms with van der Waals surface area (Å²) in [5.41, 5.74) is 4.73. The van der Waals surface area contributed by atoms with E-state index in [0.29, 0.717) is 0 Å². The van der Waals surface area contributed by atoms with Crippen LogP contribution in [0.25, 0.3) is 11.2 Å². The lowest BCUT2D eigenvalue weighted by Crippen LogP contribution is -2.17. The molecule has 1 atom stereocenters. The average molecular weight is 360 g/mol. The SMILES string of the molecule is S=c1[nH]c2cc(Br)cnc2n1C1CCCc2ccccc21. The third kappa shape index (κ3) is 2.15. The average Bonchev–Trinajstić information content (AvgIpc) is 2.81. The Balaban J connectivity index is 1.96. The van der Waals surface area contributed by atoms with Gasteiger partial charge in [0.25, 0.3) is 0 Å². The minimum atomic E-state index is 0.282. The number of nitrogens with one attached hydrogen (secondary N) is 1. The number of aromatic nitrogens is 3. The first kappa shape index (κ1) is 13.2. The van der Waals surface area contributed by atoms with Crippen molar-refractivity contribution in [3.63, 3.8) is 0 Å². The van der Waals surface area contributed by atoms with Gasteiger partial charge >= 0.3 is 0 Å². The summed E-state index contributed by atoms with van der Waals surface area (Å²) in [7, 11) is 0. The molecule has 1 unspecified atom stereocenters. The van der Waals surface area contributed by atoms with Crippen LogP contribution in [0.15, 0.2) is 41.0 Å². The van der Waals surface area contributed by atoms with E-state index in [1.165, 1.54) is 17.5 Å². The van der Waals surface area contributed by atoms with E-state index in [-0.39, 0.29) is 6.04 Å². The number of halogens is 1. The third-order valence-corrected chi connectivity index (χ3v) is 4.90. The molecule has 0 saturated carbocycles. The first-order valence-corrected chi connectivity index (χ1v) is 8.28. The second-order valence-corrected chi connectivity index (χ2v) is 6.73. The van der Waals surface area contributed by atoms with Gasteiger partial charge in [0.1, 0.15) is 0 Å². The zero-order valence-electron chi connectivity index (χ0n) is 11.3. The fourth-order valence-electron chi connectivity index (χ4n) is 3.27. The van der Waals surface area contributed by atoms with Gasteiger partial charge in [0.15, 0.2) is 10.4 Å². The molecule has 1 aliphatic rings. The van der Waals surface area contributed by atoms with Crippen LogP contribution in [0.1, 0.15) is 30.0 Å². The molecule has 4 rings (SSSR count). The summed E-state index contributed by atoms with van der Waals surface area (Å²) in [6, 6.07) is 11.0. The molecule has 0 spiro atoms. The van der Waals surface area contributed by atoms with Crippen molar-refractivity contribution in [2.75, 3.05) is 0 Å². The largest absolute Gasteiger partial charge is 0.329 e. The van der Waals surface area contributed by atoms with Crippen LogP contribution in [0.3, 0.4) is 0 Å². The topological polar surface area (TPSA) is 33.6 Å². The van der Waals surface area contributed by atoms with Crippen LogP contribution in [0.4, 0.5) is 0 Å². The molecule has 0 fully saturated rings. The molecule has 21 heavy (non-hydrogen) atoms. The minimum Gasteiger partial charge on any atom is -0.329 e. The Morgan fingerprint density at radius 3 is 3.10 bits per heavy atom. The lowest BCUT2D eigenvalue weighted by atomic mass is 9.87. The molecular weight excluding hydrogens is 346 g/mol. The smallest absolute Gasteiger partial charge is 0.179 e. The number of aryl methyl sites for hydroxylation is 1. The van der Waals surface area contributed by atoms with E-state index in [9.17, 15) is 0 Å². The highest BCUT2D eigenvalue weighted by molar-refractivity contribution is 9.10. The molecule has 1 aliphatic carbocycles. The highest BCUT2D eigenvalue weighted by Crippen LogP contribution is 2.34. The molecule has 2 aromatic heterocycles. The third-order valence-electron chi connectivity index (χ3n) is 4.17. The number of fused-ring (bicyclic) bond motifs is 2. The van der Waals surface area contributed by atoms with E-state index in [0.717, 1.165) is 33.2 Å². The molecule has 0 amide bonds. The van der Waals surface area contributed by atoms with E-state index in [2.05, 4.69) is 54.7 Å². The van der Waals surface area contributed by atoms with Gasteiger partial charge in [-0.3, -0.25) is 4.57 Å². The fourth-order valence-corrected chi connectivity index (χ4v) is 3.93. The van der Waals surface area contributed by atoms with Crippen LogP contribution in [0.5, 0.6) is 0 Å². The molecule has 0 aliphatic heterocycles. The predicted octanol–water partition coefficient (Wildman–Crippen LogP) is 4.78. The molecule has 106 valence electrons. The summed E-state index contributed by atoms with van der Waals surface area (Å²) in [6.45, 7) is 0. The zero-order valence-corrected chi connectivity index (χ0v) is 13.7. The van der Waals surface area contributed by atoms with E-state index in [4.69, 9.17) is 12.2 Å². The fraction of sp³-hybridized carbons (Fsp3) is 0.250. The molecule has 5 heteroatoms. The second-order valence-electron chi connectivity index (χ2n) is 5.43. The Hall–Kier alpha value is -1.46. The van der Waals surface area contributed by atoms with Crippen molar-refractivity contribution in [1.29, 1.82) is 0 Å². The number of hydrogen-bond acceptors (Lipinski definition) is 2. The van der Waals surface area contributed by atoms with Crippen molar-refractivity contribution < 1.29 is 0 Å². The maximum Gasteiger partial charge on any atom is 0.179 e. The summed E-state index contributed by atoms with van der Waals surface area (Å²) in [5.74, 6) is 0. The first-order chi connectivity index (χ1) is 10.2. The van der Waals surface area contributed by atoms with E-state index < -0.39 is 0 Å². The molecule has 1 N–H and O–H groups in total. The number of aromatic amines is 1. The molecule has 2 heterocycles. The minimum absolute atomic E-state index is 0.282. The van der Waals surface area contributed by atoms with E-state index in [1.54, 1.807) is 0 Å². The van der Waals surface area contributed by atoms with Gasteiger partial charge in [0.05, 0.1) is 11.6 Å². The highest BCUT2D eigenvalue weighted by Gasteiger charge is 2.24. The number of hydrogen-bond donors (Lipinski definition) is 1. The van der Waals surface area contributed by atoms with Gasteiger partial charge in [-0.05, 0) is 64.6 Å². The molecule has 3 nitrogen and oxygen atoms in total. The maximum absolute atomic E-state index is 5.56. The van der Waals surface area contributed by atoms with Crippen molar-refractivity contribution in [3.05, 3.63) is 56.9 Å². The van der Waals surface area contributed by atoms with Gasteiger partial charge in [-0.15, -0.1) is 0 Å². The maximum atomic E-state index is 5.56. The lowest BCUT2D eigenvalue weighted by molar-refractivity contribution is 0.493. The van der Waals surface area contributed by atoms with Crippen LogP contribution in [-0.2, 0) is 6.42 Å². The van der Waals surface area contributed by atoms with Crippen molar-refractivity contribution >= 4 is 39.3 Å². The van der Waals surface area contributed by atoms with Crippen molar-refractivity contribution in [2.24, 2.45) is 0 Å². The van der Waals surface area contributed by atoms with Gasteiger partial charge in [0, 0.05) is 10.7 Å². The Labute approximate surface area is 136 Å². The van der Waals surface area contributed by atoms with Gasteiger partial charge in [-0.25, -0.2) is 4.98 Å². The van der Waals surface area contributed by atoms with Crippen LogP contribution >= 0.6 is 28.1 Å². The number of rotatable bonds is 1. The molecule has 0 bridgehead atoms. The Bertz CT molecular complexity index is 881. The summed E-state index contributed by atoms with van der Waals surface area (Å²) in [5, 5.41) is 0. The summed E-state index contributed by atoms with van der Waals surface area (Å²) >= 11 is 9.02. The van der Waals surface area contributed by atoms with Crippen LogP contribution in [0.2, 0.25) is 0 Å². The number of nitrogens with zero attached hydrogens (tertiary/aromatic N) is 2. The summed E-state index contributed by atoms with van der Waals surface area (Å²) in [6.07, 6.45) is 5.28. The predicted molar refractivity (Wildman–Crippen MR) is 90.1 cm³/mol. The van der Waals surface area contributed by atoms with Crippen LogP contribution < -0.4 is 0 Å².